The molecule has 0 aromatic heterocycles. The topological polar surface area (TPSA) is 81.3 Å². The van der Waals surface area contributed by atoms with Gasteiger partial charge in [0.15, 0.2) is 0 Å². The van der Waals surface area contributed by atoms with Crippen molar-refractivity contribution in [2.24, 2.45) is 23.2 Å². The summed E-state index contributed by atoms with van der Waals surface area (Å²) >= 11 is 1.58. The van der Waals surface area contributed by atoms with Crippen LogP contribution in [0.25, 0.3) is 0 Å². The zero-order chi connectivity index (χ0) is 10.2. The fourth-order valence-electron chi connectivity index (χ4n) is 1.34. The molecule has 13 heavy (non-hydrogen) atoms. The number of hydrogen-bond acceptors (Lipinski definition) is 5. The summed E-state index contributed by atoms with van der Waals surface area (Å²) in [6, 6.07) is 0. The Morgan fingerprint density at radius 2 is 1.92 bits per heavy atom. The number of thioether (sulfide) groups is 1. The van der Waals surface area contributed by atoms with Crippen LogP contribution in [0.5, 0.6) is 0 Å². The molecule has 1 aliphatic heterocycles. The van der Waals surface area contributed by atoms with Crippen molar-refractivity contribution < 1.29 is 0 Å². The smallest absolute Gasteiger partial charge is 0.138 e. The highest BCUT2D eigenvalue weighted by atomic mass is 32.2. The van der Waals surface area contributed by atoms with Crippen LogP contribution < -0.4 is 17.3 Å². The SMILES string of the molecule is CSC1=C(C)C(C)C(N)=C(N)N1N. The van der Waals surface area contributed by atoms with E-state index >= 15 is 0 Å². The van der Waals surface area contributed by atoms with Crippen molar-refractivity contribution in [1.29, 1.82) is 0 Å². The molecule has 0 aromatic carbocycles. The lowest BCUT2D eigenvalue weighted by atomic mass is 9.97. The molecule has 5 heteroatoms. The maximum absolute atomic E-state index is 5.81. The second-order valence-electron chi connectivity index (χ2n) is 3.12. The van der Waals surface area contributed by atoms with Crippen molar-refractivity contribution in [3.05, 3.63) is 22.1 Å². The highest BCUT2D eigenvalue weighted by Gasteiger charge is 2.25. The van der Waals surface area contributed by atoms with E-state index in [2.05, 4.69) is 0 Å². The average Bonchev–Trinajstić information content (AvgIpc) is 2.13. The zero-order valence-electron chi connectivity index (χ0n) is 8.16. The molecule has 0 bridgehead atoms. The van der Waals surface area contributed by atoms with Crippen molar-refractivity contribution in [2.45, 2.75) is 13.8 Å². The summed E-state index contributed by atoms with van der Waals surface area (Å²) in [7, 11) is 0. The molecule has 0 amide bonds. The van der Waals surface area contributed by atoms with Crippen LogP contribution >= 0.6 is 11.8 Å². The molecule has 74 valence electrons. The summed E-state index contributed by atoms with van der Waals surface area (Å²) in [5.41, 5.74) is 13.4. The van der Waals surface area contributed by atoms with Gasteiger partial charge in [0.1, 0.15) is 5.82 Å². The Hall–Kier alpha value is -0.810. The zero-order valence-corrected chi connectivity index (χ0v) is 8.98. The Balaban J connectivity index is 3.13. The van der Waals surface area contributed by atoms with E-state index in [-0.39, 0.29) is 5.92 Å². The monoisotopic (exact) mass is 200 g/mol. The number of allylic oxidation sites excluding steroid dienone is 1. The molecule has 0 spiro atoms. The third kappa shape index (κ3) is 1.49. The van der Waals surface area contributed by atoms with E-state index in [0.29, 0.717) is 11.5 Å². The first-order valence-electron chi connectivity index (χ1n) is 4.05. The maximum Gasteiger partial charge on any atom is 0.138 e. The van der Waals surface area contributed by atoms with Crippen molar-refractivity contribution >= 4 is 11.8 Å². The van der Waals surface area contributed by atoms with Crippen LogP contribution in [-0.2, 0) is 0 Å². The van der Waals surface area contributed by atoms with Crippen LogP contribution in [-0.4, -0.2) is 11.3 Å². The van der Waals surface area contributed by atoms with Crippen molar-refractivity contribution in [3.63, 3.8) is 0 Å². The summed E-state index contributed by atoms with van der Waals surface area (Å²) in [6.45, 7) is 4.05. The van der Waals surface area contributed by atoms with Gasteiger partial charge in [0.2, 0.25) is 0 Å². The van der Waals surface area contributed by atoms with E-state index in [0.717, 1.165) is 5.03 Å². The first kappa shape index (κ1) is 10.3. The molecule has 0 aromatic rings. The minimum atomic E-state index is 0.183. The van der Waals surface area contributed by atoms with Gasteiger partial charge in [-0.2, -0.15) is 0 Å². The molecular formula is C8H16N4S. The van der Waals surface area contributed by atoms with Crippen LogP contribution in [0.3, 0.4) is 0 Å². The van der Waals surface area contributed by atoms with Gasteiger partial charge in [0, 0.05) is 5.92 Å². The Morgan fingerprint density at radius 1 is 1.38 bits per heavy atom. The predicted molar refractivity (Wildman–Crippen MR) is 56.8 cm³/mol. The lowest BCUT2D eigenvalue weighted by molar-refractivity contribution is 0.432. The molecule has 0 saturated heterocycles. The predicted octanol–water partition coefficient (Wildman–Crippen LogP) is 0.493. The standard InChI is InChI=1S/C8H16N4S/c1-4-5(2)8(13-3)12(11)7(10)6(4)9/h4H,9-11H2,1-3H3. The van der Waals surface area contributed by atoms with Crippen LogP contribution in [0.15, 0.2) is 22.1 Å². The van der Waals surface area contributed by atoms with Crippen molar-refractivity contribution in [1.82, 2.24) is 5.01 Å². The van der Waals surface area contributed by atoms with Crippen molar-refractivity contribution in [3.8, 4) is 0 Å². The third-order valence-corrected chi connectivity index (χ3v) is 3.33. The van der Waals surface area contributed by atoms with Gasteiger partial charge in [-0.1, -0.05) is 6.92 Å². The Morgan fingerprint density at radius 3 is 2.38 bits per heavy atom. The summed E-state index contributed by atoms with van der Waals surface area (Å²) in [6.07, 6.45) is 1.97. The number of hydrazine groups is 1. The summed E-state index contributed by atoms with van der Waals surface area (Å²) in [4.78, 5) is 0. The third-order valence-electron chi connectivity index (χ3n) is 2.42. The van der Waals surface area contributed by atoms with Gasteiger partial charge in [-0.15, -0.1) is 11.8 Å². The van der Waals surface area contributed by atoms with E-state index in [1.807, 2.05) is 20.1 Å². The molecular weight excluding hydrogens is 184 g/mol. The van der Waals surface area contributed by atoms with Gasteiger partial charge < -0.3 is 11.5 Å². The minimum absolute atomic E-state index is 0.183. The molecule has 0 saturated carbocycles. The minimum Gasteiger partial charge on any atom is -0.399 e. The van der Waals surface area contributed by atoms with E-state index in [4.69, 9.17) is 17.3 Å². The van der Waals surface area contributed by atoms with Gasteiger partial charge in [0.25, 0.3) is 0 Å². The van der Waals surface area contributed by atoms with Gasteiger partial charge >= 0.3 is 0 Å². The Kier molecular flexibility index (Phi) is 2.77. The average molecular weight is 200 g/mol. The summed E-state index contributed by atoms with van der Waals surface area (Å²) in [5.74, 6) is 6.41. The number of hydrogen-bond donors (Lipinski definition) is 3. The molecule has 1 heterocycles. The van der Waals surface area contributed by atoms with Gasteiger partial charge in [-0.05, 0) is 18.8 Å². The lowest BCUT2D eigenvalue weighted by Gasteiger charge is -2.32. The largest absolute Gasteiger partial charge is 0.399 e. The normalized spacial score (nSPS) is 24.3. The molecule has 0 fully saturated rings. The van der Waals surface area contributed by atoms with Crippen LogP contribution in [0.2, 0.25) is 0 Å². The number of nitrogens with two attached hydrogens (primary N) is 3. The molecule has 1 aliphatic rings. The quantitative estimate of drug-likeness (QED) is 0.537. The van der Waals surface area contributed by atoms with Gasteiger partial charge in [0.05, 0.1) is 10.7 Å². The van der Waals surface area contributed by atoms with E-state index < -0.39 is 0 Å². The van der Waals surface area contributed by atoms with Crippen molar-refractivity contribution in [2.75, 3.05) is 6.26 Å². The van der Waals surface area contributed by atoms with Crippen LogP contribution in [0.4, 0.5) is 0 Å². The molecule has 6 N–H and O–H groups in total. The first-order valence-corrected chi connectivity index (χ1v) is 5.27. The molecule has 1 unspecified atom stereocenters. The maximum atomic E-state index is 5.81. The Labute approximate surface area is 82.8 Å². The molecule has 0 aliphatic carbocycles. The fraction of sp³-hybridized carbons (Fsp3) is 0.500. The number of rotatable bonds is 1. The second kappa shape index (κ2) is 3.51. The van der Waals surface area contributed by atoms with E-state index in [9.17, 15) is 0 Å². The molecule has 1 atom stereocenters. The van der Waals surface area contributed by atoms with E-state index in [1.54, 1.807) is 11.8 Å². The van der Waals surface area contributed by atoms with E-state index in [1.165, 1.54) is 10.6 Å². The van der Waals surface area contributed by atoms with Gasteiger partial charge in [-0.25, -0.2) is 5.84 Å². The fourth-order valence-corrected chi connectivity index (χ4v) is 2.13. The first-order chi connectivity index (χ1) is 6.00. The number of nitrogens with zero attached hydrogens (tertiary/aromatic N) is 1. The Bertz CT molecular complexity index is 282. The molecule has 1 rings (SSSR count). The second-order valence-corrected chi connectivity index (χ2v) is 3.92. The van der Waals surface area contributed by atoms with Crippen LogP contribution in [0.1, 0.15) is 13.8 Å². The highest BCUT2D eigenvalue weighted by Crippen LogP contribution is 2.33. The van der Waals surface area contributed by atoms with Gasteiger partial charge in [-0.3, -0.25) is 5.01 Å². The molecule has 0 radical (unpaired) electrons. The highest BCUT2D eigenvalue weighted by molar-refractivity contribution is 8.02. The lowest BCUT2D eigenvalue weighted by Crippen LogP contribution is -2.40. The summed E-state index contributed by atoms with van der Waals surface area (Å²) < 4.78 is 0. The summed E-state index contributed by atoms with van der Waals surface area (Å²) in [5, 5.41) is 2.44. The van der Waals surface area contributed by atoms with Crippen LogP contribution in [0, 0.1) is 5.92 Å². The molecule has 4 nitrogen and oxygen atoms in total.